The average Bonchev–Trinajstić information content (AvgIpc) is 2.96. The first kappa shape index (κ1) is 12.7. The Morgan fingerprint density at radius 3 is 2.80 bits per heavy atom. The van der Waals surface area contributed by atoms with E-state index >= 15 is 0 Å². The summed E-state index contributed by atoms with van der Waals surface area (Å²) in [4.78, 5) is 4.40. The van der Waals surface area contributed by atoms with Gasteiger partial charge in [-0.3, -0.25) is 0 Å². The fourth-order valence-electron chi connectivity index (χ4n) is 2.03. The van der Waals surface area contributed by atoms with Crippen LogP contribution in [0, 0.1) is 0 Å². The number of rotatable bonds is 4. The van der Waals surface area contributed by atoms with Gasteiger partial charge in [-0.2, -0.15) is 0 Å². The highest BCUT2D eigenvalue weighted by Gasteiger charge is 2.09. The zero-order chi connectivity index (χ0) is 13.9. The standard InChI is InChI=1S/C15H14N2O2S/c1-18-10-3-4-13(19-2)12(9-10)17-15-11-6-8-20-14(11)5-7-16-15/h3-9H,1-2H3,(H,16,17). The maximum absolute atomic E-state index is 5.37. The second-order valence-corrected chi connectivity index (χ2v) is 5.13. The largest absolute Gasteiger partial charge is 0.497 e. The first-order valence-electron chi connectivity index (χ1n) is 6.13. The minimum Gasteiger partial charge on any atom is -0.497 e. The molecule has 0 bridgehead atoms. The third kappa shape index (κ3) is 2.28. The minimum absolute atomic E-state index is 0.750. The molecule has 4 nitrogen and oxygen atoms in total. The van der Waals surface area contributed by atoms with Crippen LogP contribution in [0.1, 0.15) is 0 Å². The first-order chi connectivity index (χ1) is 9.81. The molecule has 3 aromatic rings. The SMILES string of the molecule is COc1ccc(OC)c(Nc2nccc3sccc23)c1. The topological polar surface area (TPSA) is 43.4 Å². The fraction of sp³-hybridized carbons (Fsp3) is 0.133. The molecule has 5 heteroatoms. The second kappa shape index (κ2) is 5.38. The first-order valence-corrected chi connectivity index (χ1v) is 7.01. The highest BCUT2D eigenvalue weighted by atomic mass is 32.1. The van der Waals surface area contributed by atoms with Crippen LogP contribution in [0.15, 0.2) is 41.9 Å². The Labute approximate surface area is 121 Å². The van der Waals surface area contributed by atoms with Crippen LogP contribution in [-0.2, 0) is 0 Å². The molecule has 0 aliphatic rings. The molecule has 0 aliphatic carbocycles. The van der Waals surface area contributed by atoms with Crippen molar-refractivity contribution in [2.75, 3.05) is 19.5 Å². The Bertz CT molecular complexity index is 740. The van der Waals surface area contributed by atoms with E-state index in [0.29, 0.717) is 0 Å². The number of anilines is 2. The quantitative estimate of drug-likeness (QED) is 0.785. The minimum atomic E-state index is 0.750. The van der Waals surface area contributed by atoms with E-state index in [1.807, 2.05) is 24.3 Å². The lowest BCUT2D eigenvalue weighted by Gasteiger charge is -2.12. The van der Waals surface area contributed by atoms with Crippen LogP contribution in [0.25, 0.3) is 10.1 Å². The highest BCUT2D eigenvalue weighted by molar-refractivity contribution is 7.17. The molecule has 0 spiro atoms. The van der Waals surface area contributed by atoms with Gasteiger partial charge in [0.25, 0.3) is 0 Å². The van der Waals surface area contributed by atoms with Gasteiger partial charge in [0.05, 0.1) is 19.9 Å². The number of ether oxygens (including phenoxy) is 2. The van der Waals surface area contributed by atoms with Gasteiger partial charge in [0.15, 0.2) is 0 Å². The molecule has 0 atom stereocenters. The predicted octanol–water partition coefficient (Wildman–Crippen LogP) is 4.06. The Morgan fingerprint density at radius 1 is 1.10 bits per heavy atom. The maximum atomic E-state index is 5.37. The van der Waals surface area contributed by atoms with Crippen molar-refractivity contribution in [2.45, 2.75) is 0 Å². The summed E-state index contributed by atoms with van der Waals surface area (Å²) in [5.74, 6) is 2.33. The van der Waals surface area contributed by atoms with E-state index in [4.69, 9.17) is 9.47 Å². The van der Waals surface area contributed by atoms with E-state index in [1.54, 1.807) is 31.8 Å². The molecule has 0 amide bonds. The number of methoxy groups -OCH3 is 2. The van der Waals surface area contributed by atoms with Crippen molar-refractivity contribution in [1.82, 2.24) is 4.98 Å². The monoisotopic (exact) mass is 286 g/mol. The van der Waals surface area contributed by atoms with Crippen LogP contribution >= 0.6 is 11.3 Å². The molecule has 102 valence electrons. The van der Waals surface area contributed by atoms with Crippen LogP contribution in [0.3, 0.4) is 0 Å². The second-order valence-electron chi connectivity index (χ2n) is 4.18. The molecule has 2 aromatic heterocycles. The van der Waals surface area contributed by atoms with E-state index in [2.05, 4.69) is 21.7 Å². The fourth-order valence-corrected chi connectivity index (χ4v) is 2.82. The molecular formula is C15H14N2O2S. The molecule has 1 N–H and O–H groups in total. The Morgan fingerprint density at radius 2 is 2.00 bits per heavy atom. The van der Waals surface area contributed by atoms with Crippen LogP contribution in [-0.4, -0.2) is 19.2 Å². The van der Waals surface area contributed by atoms with Crippen LogP contribution in [0.5, 0.6) is 11.5 Å². The van der Waals surface area contributed by atoms with Gasteiger partial charge >= 0.3 is 0 Å². The molecular weight excluding hydrogens is 272 g/mol. The molecule has 3 rings (SSSR count). The van der Waals surface area contributed by atoms with Crippen molar-refractivity contribution in [1.29, 1.82) is 0 Å². The summed E-state index contributed by atoms with van der Waals surface area (Å²) in [6, 6.07) is 9.69. The lowest BCUT2D eigenvalue weighted by atomic mass is 10.2. The molecule has 2 heterocycles. The van der Waals surface area contributed by atoms with E-state index < -0.39 is 0 Å². The van der Waals surface area contributed by atoms with Crippen LogP contribution in [0.2, 0.25) is 0 Å². The van der Waals surface area contributed by atoms with Gasteiger partial charge in [0.2, 0.25) is 0 Å². The summed E-state index contributed by atoms with van der Waals surface area (Å²) in [6.07, 6.45) is 1.80. The zero-order valence-corrected chi connectivity index (χ0v) is 12.0. The Kier molecular flexibility index (Phi) is 3.43. The van der Waals surface area contributed by atoms with Crippen molar-refractivity contribution >= 4 is 32.9 Å². The van der Waals surface area contributed by atoms with Gasteiger partial charge in [-0.05, 0) is 29.6 Å². The number of nitrogens with zero attached hydrogens (tertiary/aromatic N) is 1. The number of pyridine rings is 1. The van der Waals surface area contributed by atoms with E-state index in [1.165, 1.54) is 4.70 Å². The van der Waals surface area contributed by atoms with Crippen molar-refractivity contribution in [3.8, 4) is 11.5 Å². The number of thiophene rings is 1. The van der Waals surface area contributed by atoms with Gasteiger partial charge in [-0.25, -0.2) is 4.98 Å². The van der Waals surface area contributed by atoms with Crippen LogP contribution in [0.4, 0.5) is 11.5 Å². The number of hydrogen-bond donors (Lipinski definition) is 1. The van der Waals surface area contributed by atoms with Gasteiger partial charge < -0.3 is 14.8 Å². The molecule has 20 heavy (non-hydrogen) atoms. The number of nitrogens with one attached hydrogen (secondary N) is 1. The van der Waals surface area contributed by atoms with Crippen molar-refractivity contribution in [2.24, 2.45) is 0 Å². The lowest BCUT2D eigenvalue weighted by Crippen LogP contribution is -1.97. The van der Waals surface area contributed by atoms with Crippen molar-refractivity contribution in [3.05, 3.63) is 41.9 Å². The number of aromatic nitrogens is 1. The van der Waals surface area contributed by atoms with Gasteiger partial charge in [-0.15, -0.1) is 11.3 Å². The van der Waals surface area contributed by atoms with E-state index in [-0.39, 0.29) is 0 Å². The summed E-state index contributed by atoms with van der Waals surface area (Å²) in [6.45, 7) is 0. The highest BCUT2D eigenvalue weighted by Crippen LogP contribution is 2.34. The zero-order valence-electron chi connectivity index (χ0n) is 11.2. The smallest absolute Gasteiger partial charge is 0.142 e. The maximum Gasteiger partial charge on any atom is 0.142 e. The Balaban J connectivity index is 2.04. The third-order valence-corrected chi connectivity index (χ3v) is 3.92. The van der Waals surface area contributed by atoms with E-state index in [0.717, 1.165) is 28.4 Å². The normalized spacial score (nSPS) is 10.5. The Hall–Kier alpha value is -2.27. The van der Waals surface area contributed by atoms with Gasteiger partial charge in [0, 0.05) is 22.3 Å². The molecule has 0 fully saturated rings. The average molecular weight is 286 g/mol. The number of fused-ring (bicyclic) bond motifs is 1. The predicted molar refractivity (Wildman–Crippen MR) is 82.4 cm³/mol. The summed E-state index contributed by atoms with van der Waals surface area (Å²) in [7, 11) is 3.29. The number of hydrogen-bond acceptors (Lipinski definition) is 5. The summed E-state index contributed by atoms with van der Waals surface area (Å²) in [5, 5.41) is 6.47. The van der Waals surface area contributed by atoms with Gasteiger partial charge in [0.1, 0.15) is 17.3 Å². The molecule has 0 aliphatic heterocycles. The molecule has 0 saturated carbocycles. The summed E-state index contributed by atoms with van der Waals surface area (Å²) < 4.78 is 11.8. The molecule has 0 radical (unpaired) electrons. The molecule has 0 unspecified atom stereocenters. The van der Waals surface area contributed by atoms with Crippen LogP contribution < -0.4 is 14.8 Å². The molecule has 1 aromatic carbocycles. The third-order valence-electron chi connectivity index (χ3n) is 3.04. The summed E-state index contributed by atoms with van der Waals surface area (Å²) in [5.41, 5.74) is 0.832. The van der Waals surface area contributed by atoms with E-state index in [9.17, 15) is 0 Å². The van der Waals surface area contributed by atoms with Gasteiger partial charge in [-0.1, -0.05) is 0 Å². The van der Waals surface area contributed by atoms with Crippen molar-refractivity contribution < 1.29 is 9.47 Å². The lowest BCUT2D eigenvalue weighted by molar-refractivity contribution is 0.405. The summed E-state index contributed by atoms with van der Waals surface area (Å²) >= 11 is 1.69. The van der Waals surface area contributed by atoms with Crippen molar-refractivity contribution in [3.63, 3.8) is 0 Å². The molecule has 0 saturated heterocycles. The number of benzene rings is 1.